The van der Waals surface area contributed by atoms with E-state index in [-0.39, 0.29) is 11.7 Å². The Bertz CT molecular complexity index is 861. The molecule has 0 bridgehead atoms. The molecule has 1 aliphatic rings. The average Bonchev–Trinajstić information content (AvgIpc) is 3.05. The standard InChI is InChI=1S/C19H24ClN5O3/c1-3-17(24-14(2)11-18(21-24)25(27)28)19(26)23-9-7-22(8-10-23)13-15-5-4-6-16(20)12-15/h4-6,11-12,17H,3,7-10,13H2,1-2H3. The number of piperazine rings is 1. The summed E-state index contributed by atoms with van der Waals surface area (Å²) in [5.41, 5.74) is 1.77. The molecule has 3 rings (SSSR count). The van der Waals surface area contributed by atoms with Crippen molar-refractivity contribution in [1.29, 1.82) is 0 Å². The first kappa shape index (κ1) is 20.3. The maximum atomic E-state index is 13.0. The van der Waals surface area contributed by atoms with Crippen LogP contribution in [0.3, 0.4) is 0 Å². The van der Waals surface area contributed by atoms with Crippen LogP contribution in [0.1, 0.15) is 30.6 Å². The van der Waals surface area contributed by atoms with Crippen LogP contribution in [-0.4, -0.2) is 56.6 Å². The number of aryl methyl sites for hydroxylation is 1. The van der Waals surface area contributed by atoms with Crippen molar-refractivity contribution in [3.05, 3.63) is 56.7 Å². The molecule has 9 heteroatoms. The molecule has 150 valence electrons. The van der Waals surface area contributed by atoms with Gasteiger partial charge >= 0.3 is 5.82 Å². The predicted octanol–water partition coefficient (Wildman–Crippen LogP) is 3.05. The zero-order chi connectivity index (χ0) is 20.3. The molecule has 1 atom stereocenters. The van der Waals surface area contributed by atoms with Gasteiger partial charge < -0.3 is 15.0 Å². The number of aromatic nitrogens is 2. The van der Waals surface area contributed by atoms with Crippen LogP contribution >= 0.6 is 11.6 Å². The van der Waals surface area contributed by atoms with Gasteiger partial charge in [-0.2, -0.15) is 4.68 Å². The molecule has 0 spiro atoms. The number of nitro groups is 1. The fourth-order valence-corrected chi connectivity index (χ4v) is 3.77. The Labute approximate surface area is 168 Å². The van der Waals surface area contributed by atoms with Gasteiger partial charge in [-0.05, 0) is 36.0 Å². The normalized spacial score (nSPS) is 16.2. The highest BCUT2D eigenvalue weighted by atomic mass is 35.5. The van der Waals surface area contributed by atoms with Gasteiger partial charge in [-0.25, -0.2) is 0 Å². The Kier molecular flexibility index (Phi) is 6.31. The minimum Gasteiger partial charge on any atom is -0.358 e. The quantitative estimate of drug-likeness (QED) is 0.544. The van der Waals surface area contributed by atoms with Gasteiger partial charge in [0.2, 0.25) is 5.91 Å². The van der Waals surface area contributed by atoms with Gasteiger partial charge in [-0.3, -0.25) is 9.69 Å². The van der Waals surface area contributed by atoms with Crippen LogP contribution in [0.15, 0.2) is 30.3 Å². The predicted molar refractivity (Wildman–Crippen MR) is 106 cm³/mol. The summed E-state index contributed by atoms with van der Waals surface area (Å²) >= 11 is 6.05. The lowest BCUT2D eigenvalue weighted by atomic mass is 10.1. The summed E-state index contributed by atoms with van der Waals surface area (Å²) in [5.74, 6) is -0.263. The summed E-state index contributed by atoms with van der Waals surface area (Å²) in [6, 6.07) is 8.68. The Balaban J connectivity index is 1.62. The summed E-state index contributed by atoms with van der Waals surface area (Å²) < 4.78 is 1.48. The van der Waals surface area contributed by atoms with Crippen LogP contribution in [0, 0.1) is 17.0 Å². The van der Waals surface area contributed by atoms with E-state index in [1.54, 1.807) is 6.92 Å². The highest BCUT2D eigenvalue weighted by molar-refractivity contribution is 6.30. The second kappa shape index (κ2) is 8.70. The molecule has 1 aromatic carbocycles. The first-order valence-corrected chi connectivity index (χ1v) is 9.73. The molecule has 1 fully saturated rings. The number of hydrogen-bond acceptors (Lipinski definition) is 5. The van der Waals surface area contributed by atoms with Gasteiger partial charge in [0.05, 0.1) is 16.9 Å². The summed E-state index contributed by atoms with van der Waals surface area (Å²) in [7, 11) is 0. The largest absolute Gasteiger partial charge is 0.390 e. The molecule has 1 amide bonds. The van der Waals surface area contributed by atoms with Crippen molar-refractivity contribution in [3.63, 3.8) is 0 Å². The molecule has 1 unspecified atom stereocenters. The third-order valence-electron chi connectivity index (χ3n) is 5.04. The zero-order valence-corrected chi connectivity index (χ0v) is 16.8. The number of carbonyl (C=O) groups is 1. The maximum Gasteiger partial charge on any atom is 0.390 e. The van der Waals surface area contributed by atoms with E-state index < -0.39 is 11.0 Å². The summed E-state index contributed by atoms with van der Waals surface area (Å²) in [6.45, 7) is 7.21. The van der Waals surface area contributed by atoms with E-state index in [9.17, 15) is 14.9 Å². The lowest BCUT2D eigenvalue weighted by Crippen LogP contribution is -2.50. The maximum absolute atomic E-state index is 13.0. The van der Waals surface area contributed by atoms with Crippen molar-refractivity contribution < 1.29 is 9.72 Å². The second-order valence-electron chi connectivity index (χ2n) is 7.00. The van der Waals surface area contributed by atoms with Crippen LogP contribution in [0.4, 0.5) is 5.82 Å². The monoisotopic (exact) mass is 405 g/mol. The van der Waals surface area contributed by atoms with E-state index >= 15 is 0 Å². The first-order chi connectivity index (χ1) is 13.4. The van der Waals surface area contributed by atoms with E-state index in [1.807, 2.05) is 36.1 Å². The Morgan fingerprint density at radius 1 is 1.29 bits per heavy atom. The SMILES string of the molecule is CCC(C(=O)N1CCN(Cc2cccc(Cl)c2)CC1)n1nc([N+](=O)[O-])cc1C. The molecule has 0 radical (unpaired) electrons. The second-order valence-corrected chi connectivity index (χ2v) is 7.44. The number of rotatable bonds is 6. The molecular weight excluding hydrogens is 382 g/mol. The number of nitrogens with zero attached hydrogens (tertiary/aromatic N) is 5. The zero-order valence-electron chi connectivity index (χ0n) is 16.0. The molecule has 0 N–H and O–H groups in total. The topological polar surface area (TPSA) is 84.5 Å². The van der Waals surface area contributed by atoms with Crippen molar-refractivity contribution in [2.45, 2.75) is 32.9 Å². The van der Waals surface area contributed by atoms with Gasteiger partial charge in [0.15, 0.2) is 6.04 Å². The molecule has 1 aliphatic heterocycles. The highest BCUT2D eigenvalue weighted by Gasteiger charge is 2.32. The van der Waals surface area contributed by atoms with Crippen LogP contribution in [0.2, 0.25) is 5.02 Å². The molecule has 2 aromatic rings. The van der Waals surface area contributed by atoms with Crippen LogP contribution in [0.5, 0.6) is 0 Å². The Morgan fingerprint density at radius 2 is 2.00 bits per heavy atom. The number of amides is 1. The number of carbonyl (C=O) groups excluding carboxylic acids is 1. The molecule has 28 heavy (non-hydrogen) atoms. The minimum atomic E-state index is -0.532. The lowest BCUT2D eigenvalue weighted by molar-refractivity contribution is -0.389. The van der Waals surface area contributed by atoms with Gasteiger partial charge in [-0.1, -0.05) is 30.7 Å². The molecule has 1 saturated heterocycles. The smallest absolute Gasteiger partial charge is 0.358 e. The van der Waals surface area contributed by atoms with Crippen LogP contribution in [-0.2, 0) is 11.3 Å². The van der Waals surface area contributed by atoms with Crippen molar-refractivity contribution in [2.75, 3.05) is 26.2 Å². The van der Waals surface area contributed by atoms with Gasteiger partial charge in [0.25, 0.3) is 0 Å². The molecule has 8 nitrogen and oxygen atoms in total. The number of benzene rings is 1. The van der Waals surface area contributed by atoms with Crippen molar-refractivity contribution in [2.24, 2.45) is 0 Å². The lowest BCUT2D eigenvalue weighted by Gasteiger charge is -2.36. The Morgan fingerprint density at radius 3 is 2.57 bits per heavy atom. The molecule has 1 aromatic heterocycles. The van der Waals surface area contributed by atoms with Crippen molar-refractivity contribution in [1.82, 2.24) is 19.6 Å². The molecule has 0 aliphatic carbocycles. The fraction of sp³-hybridized carbons (Fsp3) is 0.474. The summed E-state index contributed by atoms with van der Waals surface area (Å²) in [5, 5.41) is 15.7. The van der Waals surface area contributed by atoms with E-state index in [0.29, 0.717) is 25.2 Å². The molecule has 2 heterocycles. The van der Waals surface area contributed by atoms with E-state index in [1.165, 1.54) is 10.7 Å². The van der Waals surface area contributed by atoms with Gasteiger partial charge in [0.1, 0.15) is 0 Å². The summed E-state index contributed by atoms with van der Waals surface area (Å²) in [4.78, 5) is 27.6. The van der Waals surface area contributed by atoms with E-state index in [2.05, 4.69) is 10.00 Å². The van der Waals surface area contributed by atoms with E-state index in [0.717, 1.165) is 30.2 Å². The third kappa shape index (κ3) is 4.51. The fourth-order valence-electron chi connectivity index (χ4n) is 3.56. The van der Waals surface area contributed by atoms with E-state index in [4.69, 9.17) is 11.6 Å². The van der Waals surface area contributed by atoms with Gasteiger partial charge in [0, 0.05) is 37.7 Å². The number of halogens is 1. The molecular formula is C19H24ClN5O3. The number of hydrogen-bond donors (Lipinski definition) is 0. The van der Waals surface area contributed by atoms with Gasteiger partial charge in [-0.15, -0.1) is 0 Å². The average molecular weight is 406 g/mol. The molecule has 0 saturated carbocycles. The van der Waals surface area contributed by atoms with Crippen molar-refractivity contribution >= 4 is 23.3 Å². The first-order valence-electron chi connectivity index (χ1n) is 9.35. The van der Waals surface area contributed by atoms with Crippen molar-refractivity contribution in [3.8, 4) is 0 Å². The van der Waals surface area contributed by atoms with Crippen LogP contribution in [0.25, 0.3) is 0 Å². The summed E-state index contributed by atoms with van der Waals surface area (Å²) in [6.07, 6.45) is 0.529. The Hall–Kier alpha value is -2.45. The van der Waals surface area contributed by atoms with Crippen LogP contribution < -0.4 is 0 Å². The minimum absolute atomic E-state index is 0.0361. The third-order valence-corrected chi connectivity index (χ3v) is 5.28. The highest BCUT2D eigenvalue weighted by Crippen LogP contribution is 2.22.